The van der Waals surface area contributed by atoms with Crippen LogP contribution in [0.3, 0.4) is 0 Å². The summed E-state index contributed by atoms with van der Waals surface area (Å²) in [5, 5.41) is 9.25. The molecule has 6 nitrogen and oxygen atoms in total. The summed E-state index contributed by atoms with van der Waals surface area (Å²) in [7, 11) is 0. The Morgan fingerprint density at radius 3 is 2.67 bits per heavy atom. The van der Waals surface area contributed by atoms with Crippen LogP contribution in [0.15, 0.2) is 0 Å². The number of carbonyl (C=O) groups is 1. The highest BCUT2D eigenvalue weighted by atomic mass is 16.7. The second-order valence-electron chi connectivity index (χ2n) is 5.19. The lowest BCUT2D eigenvalue weighted by Crippen LogP contribution is -2.55. The predicted octanol–water partition coefficient (Wildman–Crippen LogP) is 0.977. The lowest BCUT2D eigenvalue weighted by Gasteiger charge is -2.38. The summed E-state index contributed by atoms with van der Waals surface area (Å²) in [5.41, 5.74) is -0.559. The van der Waals surface area contributed by atoms with Crippen molar-refractivity contribution in [3.8, 4) is 0 Å². The predicted molar refractivity (Wildman–Crippen MR) is 65.2 cm³/mol. The fourth-order valence-corrected chi connectivity index (χ4v) is 1.65. The smallest absolute Gasteiger partial charge is 0.410 e. The van der Waals surface area contributed by atoms with Crippen molar-refractivity contribution < 1.29 is 24.1 Å². The van der Waals surface area contributed by atoms with Crippen LogP contribution in [0.2, 0.25) is 0 Å². The molecule has 2 unspecified atom stereocenters. The van der Waals surface area contributed by atoms with E-state index in [1.165, 1.54) is 4.90 Å². The van der Waals surface area contributed by atoms with Crippen LogP contribution in [0.4, 0.5) is 4.79 Å². The largest absolute Gasteiger partial charge is 0.444 e. The molecule has 1 saturated heterocycles. The molecular weight excluding hydrogens is 238 g/mol. The number of nitrogens with zero attached hydrogens (tertiary/aromatic N) is 1. The van der Waals surface area contributed by atoms with E-state index in [2.05, 4.69) is 0 Å². The topological polar surface area (TPSA) is 68.2 Å². The molecule has 2 atom stereocenters. The number of amides is 1. The second-order valence-corrected chi connectivity index (χ2v) is 5.19. The number of hydrogen-bond acceptors (Lipinski definition) is 5. The molecule has 1 amide bonds. The third-order valence-corrected chi connectivity index (χ3v) is 2.45. The molecule has 1 aliphatic heterocycles. The van der Waals surface area contributed by atoms with Crippen LogP contribution in [0, 0.1) is 0 Å². The fraction of sp³-hybridized carbons (Fsp3) is 0.917. The van der Waals surface area contributed by atoms with Gasteiger partial charge >= 0.3 is 6.09 Å². The maximum Gasteiger partial charge on any atom is 0.410 e. The first-order valence-electron chi connectivity index (χ1n) is 6.21. The molecule has 0 aliphatic carbocycles. The molecular formula is C12H23NO5. The van der Waals surface area contributed by atoms with Gasteiger partial charge in [0.05, 0.1) is 25.8 Å². The lowest BCUT2D eigenvalue weighted by atomic mass is 10.2. The molecule has 1 aliphatic rings. The van der Waals surface area contributed by atoms with Gasteiger partial charge in [0.2, 0.25) is 0 Å². The summed E-state index contributed by atoms with van der Waals surface area (Å²) in [6.45, 7) is 8.15. The van der Waals surface area contributed by atoms with E-state index in [4.69, 9.17) is 14.2 Å². The summed E-state index contributed by atoms with van der Waals surface area (Å²) in [6.07, 6.45) is -0.903. The maximum absolute atomic E-state index is 12.0. The van der Waals surface area contributed by atoms with Crippen molar-refractivity contribution in [2.75, 3.05) is 26.4 Å². The molecule has 0 aromatic carbocycles. The minimum absolute atomic E-state index is 0.155. The monoisotopic (exact) mass is 261 g/mol. The average molecular weight is 261 g/mol. The van der Waals surface area contributed by atoms with E-state index in [0.29, 0.717) is 6.61 Å². The zero-order chi connectivity index (χ0) is 13.8. The molecule has 1 heterocycles. The molecule has 6 heteroatoms. The Labute approximate surface area is 108 Å². The number of aliphatic hydroxyl groups is 1. The minimum atomic E-state index is -0.559. The first-order chi connectivity index (χ1) is 8.37. The van der Waals surface area contributed by atoms with Gasteiger partial charge in [0.25, 0.3) is 0 Å². The Bertz CT molecular complexity index is 276. The number of rotatable bonds is 3. The Hall–Kier alpha value is -0.850. The van der Waals surface area contributed by atoms with Crippen molar-refractivity contribution in [2.45, 2.75) is 45.6 Å². The van der Waals surface area contributed by atoms with Crippen LogP contribution >= 0.6 is 0 Å². The van der Waals surface area contributed by atoms with Crippen molar-refractivity contribution >= 4 is 6.09 Å². The molecule has 1 N–H and O–H groups in total. The van der Waals surface area contributed by atoms with Crippen LogP contribution in [0.25, 0.3) is 0 Å². The van der Waals surface area contributed by atoms with E-state index >= 15 is 0 Å². The van der Waals surface area contributed by atoms with E-state index in [0.717, 1.165) is 0 Å². The minimum Gasteiger partial charge on any atom is -0.444 e. The van der Waals surface area contributed by atoms with Gasteiger partial charge in [0.15, 0.2) is 6.29 Å². The van der Waals surface area contributed by atoms with Crippen molar-refractivity contribution in [3.63, 3.8) is 0 Å². The van der Waals surface area contributed by atoms with Gasteiger partial charge in [0, 0.05) is 6.61 Å². The van der Waals surface area contributed by atoms with E-state index in [-0.39, 0.29) is 25.8 Å². The van der Waals surface area contributed by atoms with E-state index in [1.54, 1.807) is 20.8 Å². The molecule has 0 aromatic rings. The molecule has 0 saturated carbocycles. The standard InChI is InChI=1S/C12H23NO5/c1-5-16-10-6-13(9(7-14)8-17-10)11(15)18-12(2,3)4/h9-10,14H,5-8H2,1-4H3. The zero-order valence-corrected chi connectivity index (χ0v) is 11.5. The Balaban J connectivity index is 2.64. The maximum atomic E-state index is 12.0. The SMILES string of the molecule is CCOC1CN(C(=O)OC(C)(C)C)C(CO)CO1. The van der Waals surface area contributed by atoms with Crippen molar-refractivity contribution in [2.24, 2.45) is 0 Å². The Kier molecular flexibility index (Phi) is 5.37. The van der Waals surface area contributed by atoms with E-state index in [1.807, 2.05) is 6.92 Å². The molecule has 0 bridgehead atoms. The number of ether oxygens (including phenoxy) is 3. The first-order valence-corrected chi connectivity index (χ1v) is 6.21. The van der Waals surface area contributed by atoms with Crippen LogP contribution in [0.1, 0.15) is 27.7 Å². The van der Waals surface area contributed by atoms with Crippen molar-refractivity contribution in [3.05, 3.63) is 0 Å². The molecule has 0 radical (unpaired) electrons. The molecule has 0 aromatic heterocycles. The van der Waals surface area contributed by atoms with Crippen molar-refractivity contribution in [1.29, 1.82) is 0 Å². The summed E-state index contributed by atoms with van der Waals surface area (Å²) in [5.74, 6) is 0. The van der Waals surface area contributed by atoms with Gasteiger partial charge in [0.1, 0.15) is 5.60 Å². The normalized spacial score (nSPS) is 25.1. The van der Waals surface area contributed by atoms with Crippen LogP contribution in [0.5, 0.6) is 0 Å². The van der Waals surface area contributed by atoms with Gasteiger partial charge in [-0.15, -0.1) is 0 Å². The number of carbonyl (C=O) groups excluding carboxylic acids is 1. The van der Waals surface area contributed by atoms with Crippen LogP contribution in [-0.2, 0) is 14.2 Å². The third-order valence-electron chi connectivity index (χ3n) is 2.45. The highest BCUT2D eigenvalue weighted by molar-refractivity contribution is 5.68. The molecule has 106 valence electrons. The van der Waals surface area contributed by atoms with Gasteiger partial charge in [-0.05, 0) is 27.7 Å². The van der Waals surface area contributed by atoms with Gasteiger partial charge in [-0.3, -0.25) is 4.90 Å². The average Bonchev–Trinajstić information content (AvgIpc) is 2.27. The highest BCUT2D eigenvalue weighted by Gasteiger charge is 2.34. The van der Waals surface area contributed by atoms with Gasteiger partial charge < -0.3 is 19.3 Å². The van der Waals surface area contributed by atoms with Crippen LogP contribution < -0.4 is 0 Å². The second kappa shape index (κ2) is 6.36. The summed E-state index contributed by atoms with van der Waals surface area (Å²) >= 11 is 0. The first kappa shape index (κ1) is 15.2. The Morgan fingerprint density at radius 1 is 1.50 bits per heavy atom. The third kappa shape index (κ3) is 4.44. The summed E-state index contributed by atoms with van der Waals surface area (Å²) < 4.78 is 16.0. The number of morpholine rings is 1. The van der Waals surface area contributed by atoms with E-state index < -0.39 is 18.0 Å². The van der Waals surface area contributed by atoms with E-state index in [9.17, 15) is 9.90 Å². The molecule has 1 rings (SSSR count). The fourth-order valence-electron chi connectivity index (χ4n) is 1.65. The summed E-state index contributed by atoms with van der Waals surface area (Å²) in [4.78, 5) is 13.5. The molecule has 18 heavy (non-hydrogen) atoms. The summed E-state index contributed by atoms with van der Waals surface area (Å²) in [6, 6.07) is -0.378. The van der Waals surface area contributed by atoms with Crippen LogP contribution in [-0.4, -0.2) is 60.4 Å². The van der Waals surface area contributed by atoms with Gasteiger partial charge in [-0.1, -0.05) is 0 Å². The quantitative estimate of drug-likeness (QED) is 0.820. The Morgan fingerprint density at radius 2 is 2.17 bits per heavy atom. The highest BCUT2D eigenvalue weighted by Crippen LogP contribution is 2.17. The van der Waals surface area contributed by atoms with Gasteiger partial charge in [-0.25, -0.2) is 4.79 Å². The van der Waals surface area contributed by atoms with Gasteiger partial charge in [-0.2, -0.15) is 0 Å². The lowest BCUT2D eigenvalue weighted by molar-refractivity contribution is -0.192. The molecule has 1 fully saturated rings. The number of aliphatic hydroxyl groups excluding tert-OH is 1. The molecule has 0 spiro atoms. The van der Waals surface area contributed by atoms with Crippen molar-refractivity contribution in [1.82, 2.24) is 4.90 Å². The zero-order valence-electron chi connectivity index (χ0n) is 11.5. The number of hydrogen-bond donors (Lipinski definition) is 1.